The summed E-state index contributed by atoms with van der Waals surface area (Å²) < 4.78 is 5.02. The summed E-state index contributed by atoms with van der Waals surface area (Å²) in [5, 5.41) is 5.56. The Hall–Kier alpha value is -1.89. The molecule has 0 saturated carbocycles. The fourth-order valence-electron chi connectivity index (χ4n) is 1.56. The van der Waals surface area contributed by atoms with E-state index < -0.39 is 18.0 Å². The molecule has 8 heteroatoms. The number of carbonyl (C=O) groups is 2. The van der Waals surface area contributed by atoms with Gasteiger partial charge < -0.3 is 10.1 Å². The van der Waals surface area contributed by atoms with Crippen molar-refractivity contribution in [2.24, 2.45) is 0 Å². The quantitative estimate of drug-likeness (QED) is 0.636. The van der Waals surface area contributed by atoms with E-state index >= 15 is 0 Å². The molecule has 0 spiro atoms. The van der Waals surface area contributed by atoms with Gasteiger partial charge in [0.1, 0.15) is 5.01 Å². The molecule has 23 heavy (non-hydrogen) atoms. The average Bonchev–Trinajstić information content (AvgIpc) is 3.03. The molecule has 0 radical (unpaired) electrons. The number of amides is 1. The van der Waals surface area contributed by atoms with Crippen LogP contribution < -0.4 is 5.32 Å². The molecule has 0 saturated heterocycles. The predicted molar refractivity (Wildman–Crippen MR) is 91.8 cm³/mol. The summed E-state index contributed by atoms with van der Waals surface area (Å²) in [6.45, 7) is 1.46. The van der Waals surface area contributed by atoms with Crippen LogP contribution in [0.5, 0.6) is 0 Å². The smallest absolute Gasteiger partial charge is 0.331 e. The zero-order valence-electron chi connectivity index (χ0n) is 12.0. The van der Waals surface area contributed by atoms with Crippen molar-refractivity contribution >= 4 is 58.2 Å². The summed E-state index contributed by atoms with van der Waals surface area (Å²) in [7, 11) is 0. The fraction of sp³-hybridized carbons (Fsp3) is 0.133. The molecule has 120 valence electrons. The maximum Gasteiger partial charge on any atom is 0.331 e. The summed E-state index contributed by atoms with van der Waals surface area (Å²) in [5.41, 5.74) is 0.352. The monoisotopic (exact) mass is 370 g/mol. The minimum absolute atomic E-state index is 0.227. The van der Waals surface area contributed by atoms with Gasteiger partial charge in [0.25, 0.3) is 5.91 Å². The van der Waals surface area contributed by atoms with Gasteiger partial charge in [-0.05, 0) is 25.1 Å². The highest BCUT2D eigenvalue weighted by atomic mass is 35.5. The Labute approximate surface area is 146 Å². The molecule has 2 rings (SSSR count). The van der Waals surface area contributed by atoms with Crippen LogP contribution >= 0.6 is 34.5 Å². The molecule has 1 amide bonds. The third-order valence-electron chi connectivity index (χ3n) is 2.69. The Morgan fingerprint density at radius 3 is 2.87 bits per heavy atom. The summed E-state index contributed by atoms with van der Waals surface area (Å²) in [5.74, 6) is -1.15. The van der Waals surface area contributed by atoms with Crippen molar-refractivity contribution in [3.05, 3.63) is 50.9 Å². The van der Waals surface area contributed by atoms with Gasteiger partial charge >= 0.3 is 5.97 Å². The van der Waals surface area contributed by atoms with E-state index in [0.717, 1.165) is 0 Å². The molecule has 0 bridgehead atoms. The molecule has 1 atom stereocenters. The lowest BCUT2D eigenvalue weighted by Gasteiger charge is -2.13. The van der Waals surface area contributed by atoms with Crippen molar-refractivity contribution in [2.75, 3.05) is 5.32 Å². The van der Waals surface area contributed by atoms with Crippen molar-refractivity contribution < 1.29 is 14.3 Å². The summed E-state index contributed by atoms with van der Waals surface area (Å²) in [6.07, 6.45) is 3.37. The van der Waals surface area contributed by atoms with Gasteiger partial charge in [0.05, 0.1) is 15.7 Å². The largest absolute Gasteiger partial charge is 0.449 e. The zero-order chi connectivity index (χ0) is 16.8. The number of rotatable bonds is 5. The Morgan fingerprint density at radius 2 is 2.17 bits per heavy atom. The molecule has 0 aliphatic rings. The number of halogens is 2. The van der Waals surface area contributed by atoms with E-state index in [4.69, 9.17) is 27.9 Å². The van der Waals surface area contributed by atoms with Crippen LogP contribution in [0.2, 0.25) is 10.0 Å². The number of ether oxygens (including phenoxy) is 1. The first-order chi connectivity index (χ1) is 11.0. The first-order valence-corrected chi connectivity index (χ1v) is 8.14. The highest BCUT2D eigenvalue weighted by Gasteiger charge is 2.18. The molecular weight excluding hydrogens is 359 g/mol. The van der Waals surface area contributed by atoms with Crippen LogP contribution in [0.3, 0.4) is 0 Å². The van der Waals surface area contributed by atoms with E-state index in [1.807, 2.05) is 0 Å². The van der Waals surface area contributed by atoms with Crippen molar-refractivity contribution in [3.8, 4) is 0 Å². The Balaban J connectivity index is 1.92. The van der Waals surface area contributed by atoms with E-state index in [-0.39, 0.29) is 5.02 Å². The van der Waals surface area contributed by atoms with Gasteiger partial charge in [-0.25, -0.2) is 9.78 Å². The molecule has 0 fully saturated rings. The standard InChI is InChI=1S/C15H12Cl2N2O3S/c1-9(22-13(20)6-5-12-18-7-8-23-12)15(21)19-11-4-2-3-10(16)14(11)17/h2-9H,1H3,(H,19,21)/b6-5+. The Kier molecular flexibility index (Phi) is 6.15. The second kappa shape index (κ2) is 8.10. The first-order valence-electron chi connectivity index (χ1n) is 6.50. The number of hydrogen-bond donors (Lipinski definition) is 1. The van der Waals surface area contributed by atoms with Crippen LogP contribution in [0.4, 0.5) is 5.69 Å². The van der Waals surface area contributed by atoms with Crippen molar-refractivity contribution in [3.63, 3.8) is 0 Å². The van der Waals surface area contributed by atoms with E-state index in [1.165, 1.54) is 30.4 Å². The van der Waals surface area contributed by atoms with Crippen LogP contribution in [0, 0.1) is 0 Å². The number of nitrogens with zero attached hydrogens (tertiary/aromatic N) is 1. The lowest BCUT2D eigenvalue weighted by atomic mass is 10.3. The topological polar surface area (TPSA) is 68.3 Å². The van der Waals surface area contributed by atoms with Crippen LogP contribution in [0.15, 0.2) is 35.9 Å². The molecule has 0 aliphatic heterocycles. The number of thiazole rings is 1. The lowest BCUT2D eigenvalue weighted by Crippen LogP contribution is -2.29. The van der Waals surface area contributed by atoms with Gasteiger partial charge in [-0.2, -0.15) is 0 Å². The molecule has 0 aliphatic carbocycles. The highest BCUT2D eigenvalue weighted by Crippen LogP contribution is 2.29. The zero-order valence-corrected chi connectivity index (χ0v) is 14.3. The molecule has 1 N–H and O–H groups in total. The number of anilines is 1. The van der Waals surface area contributed by atoms with Crippen molar-refractivity contribution in [2.45, 2.75) is 13.0 Å². The molecule has 1 unspecified atom stereocenters. The number of nitrogens with one attached hydrogen (secondary N) is 1. The number of esters is 1. The fourth-order valence-corrected chi connectivity index (χ4v) is 2.44. The van der Waals surface area contributed by atoms with Crippen LogP contribution in [0.25, 0.3) is 6.08 Å². The maximum absolute atomic E-state index is 12.0. The first kappa shape index (κ1) is 17.5. The maximum atomic E-state index is 12.0. The number of hydrogen-bond acceptors (Lipinski definition) is 5. The van der Waals surface area contributed by atoms with Crippen LogP contribution in [0.1, 0.15) is 11.9 Å². The highest BCUT2D eigenvalue weighted by molar-refractivity contribution is 7.10. The third-order valence-corrected chi connectivity index (χ3v) is 4.24. The summed E-state index contributed by atoms with van der Waals surface area (Å²) in [4.78, 5) is 27.7. The molecule has 1 aromatic carbocycles. The minimum Gasteiger partial charge on any atom is -0.449 e. The van der Waals surface area contributed by atoms with Gasteiger partial charge in [0.15, 0.2) is 6.10 Å². The third kappa shape index (κ3) is 5.06. The second-order valence-electron chi connectivity index (χ2n) is 4.37. The normalized spacial score (nSPS) is 12.1. The van der Waals surface area contributed by atoms with E-state index in [1.54, 1.807) is 29.8 Å². The molecule has 5 nitrogen and oxygen atoms in total. The predicted octanol–water partition coefficient (Wildman–Crippen LogP) is 4.03. The van der Waals surface area contributed by atoms with Gasteiger partial charge in [0.2, 0.25) is 0 Å². The van der Waals surface area contributed by atoms with Crippen molar-refractivity contribution in [1.82, 2.24) is 4.98 Å². The van der Waals surface area contributed by atoms with Gasteiger partial charge in [-0.3, -0.25) is 4.79 Å². The molecule has 1 heterocycles. The molecular formula is C15H12Cl2N2O3S. The molecule has 1 aromatic heterocycles. The lowest BCUT2D eigenvalue weighted by molar-refractivity contribution is -0.148. The number of aromatic nitrogens is 1. The second-order valence-corrected chi connectivity index (χ2v) is 6.08. The van der Waals surface area contributed by atoms with Crippen LogP contribution in [-0.2, 0) is 14.3 Å². The molecule has 2 aromatic rings. The van der Waals surface area contributed by atoms with Gasteiger partial charge in [-0.1, -0.05) is 29.3 Å². The number of benzene rings is 1. The van der Waals surface area contributed by atoms with Gasteiger partial charge in [0, 0.05) is 17.7 Å². The SMILES string of the molecule is CC(OC(=O)/C=C/c1nccs1)C(=O)Nc1cccc(Cl)c1Cl. The summed E-state index contributed by atoms with van der Waals surface area (Å²) in [6, 6.07) is 4.85. The van der Waals surface area contributed by atoms with Gasteiger partial charge in [-0.15, -0.1) is 11.3 Å². The van der Waals surface area contributed by atoms with Crippen LogP contribution in [-0.4, -0.2) is 23.0 Å². The Bertz CT molecular complexity index is 732. The number of carbonyl (C=O) groups excluding carboxylic acids is 2. The van der Waals surface area contributed by atoms with E-state index in [2.05, 4.69) is 10.3 Å². The Morgan fingerprint density at radius 1 is 1.39 bits per heavy atom. The van der Waals surface area contributed by atoms with Crippen molar-refractivity contribution in [1.29, 1.82) is 0 Å². The summed E-state index contributed by atoms with van der Waals surface area (Å²) >= 11 is 13.2. The average molecular weight is 371 g/mol. The van der Waals surface area contributed by atoms with E-state index in [0.29, 0.717) is 15.7 Å². The van der Waals surface area contributed by atoms with E-state index in [9.17, 15) is 9.59 Å². The minimum atomic E-state index is -0.988.